The first-order valence-electron chi connectivity index (χ1n) is 4.75. The van der Waals surface area contributed by atoms with Gasteiger partial charge in [-0.05, 0) is 25.7 Å². The van der Waals surface area contributed by atoms with Gasteiger partial charge in [0.25, 0.3) is 0 Å². The molecule has 1 saturated carbocycles. The van der Waals surface area contributed by atoms with Crippen molar-refractivity contribution < 1.29 is 9.53 Å². The maximum Gasteiger partial charge on any atom is 0.249 e. The summed E-state index contributed by atoms with van der Waals surface area (Å²) in [5.41, 5.74) is 0.0586. The van der Waals surface area contributed by atoms with Gasteiger partial charge in [-0.2, -0.15) is 0 Å². The third-order valence-corrected chi connectivity index (χ3v) is 3.79. The number of hydrogen-bond acceptors (Lipinski definition) is 2. The average Bonchev–Trinajstić information content (AvgIpc) is 2.69. The second-order valence-electron chi connectivity index (χ2n) is 3.90. The topological polar surface area (TPSA) is 38.3 Å². The van der Waals surface area contributed by atoms with Crippen LogP contribution in [0, 0.1) is 0 Å². The van der Waals surface area contributed by atoms with Gasteiger partial charge in [0.05, 0.1) is 0 Å². The van der Waals surface area contributed by atoms with Gasteiger partial charge in [0.15, 0.2) is 0 Å². The fraction of sp³-hybridized carbons (Fsp3) is 0.889. The summed E-state index contributed by atoms with van der Waals surface area (Å²) in [4.78, 5) is 11.6. The molecule has 1 atom stereocenters. The van der Waals surface area contributed by atoms with E-state index in [-0.39, 0.29) is 17.6 Å². The zero-order valence-electron chi connectivity index (χ0n) is 7.51. The Morgan fingerprint density at radius 2 is 2.38 bits per heavy atom. The largest absolute Gasteiger partial charge is 0.368 e. The molecule has 3 nitrogen and oxygen atoms in total. The van der Waals surface area contributed by atoms with Crippen molar-refractivity contribution in [2.24, 2.45) is 0 Å². The van der Waals surface area contributed by atoms with Gasteiger partial charge in [-0.1, -0.05) is 15.9 Å². The molecule has 2 rings (SSSR count). The van der Waals surface area contributed by atoms with E-state index in [0.29, 0.717) is 0 Å². The Bertz CT molecular complexity index is 210. The molecule has 1 heterocycles. The molecule has 0 radical (unpaired) electrons. The maximum atomic E-state index is 11.6. The van der Waals surface area contributed by atoms with Gasteiger partial charge in [0, 0.05) is 17.5 Å². The Labute approximate surface area is 86.3 Å². The number of ether oxygens (including phenoxy) is 1. The van der Waals surface area contributed by atoms with E-state index >= 15 is 0 Å². The van der Waals surface area contributed by atoms with Crippen LogP contribution in [0.15, 0.2) is 0 Å². The third-order valence-electron chi connectivity index (χ3n) is 2.72. The van der Waals surface area contributed by atoms with Crippen LogP contribution in [0.3, 0.4) is 0 Å². The van der Waals surface area contributed by atoms with E-state index < -0.39 is 0 Å². The van der Waals surface area contributed by atoms with Crippen LogP contribution in [-0.4, -0.2) is 29.5 Å². The van der Waals surface area contributed by atoms with E-state index in [1.54, 1.807) is 0 Å². The number of amides is 1. The van der Waals surface area contributed by atoms with Crippen LogP contribution >= 0.6 is 15.9 Å². The molecule has 74 valence electrons. The lowest BCUT2D eigenvalue weighted by atomic mass is 10.2. The van der Waals surface area contributed by atoms with E-state index in [1.165, 1.54) is 0 Å². The smallest absolute Gasteiger partial charge is 0.249 e. The summed E-state index contributed by atoms with van der Waals surface area (Å²) in [6, 6.07) is 0. The van der Waals surface area contributed by atoms with Crippen molar-refractivity contribution in [2.45, 2.75) is 37.3 Å². The van der Waals surface area contributed by atoms with Crippen LogP contribution in [0.1, 0.15) is 25.7 Å². The number of rotatable bonds is 3. The number of hydrogen-bond donors (Lipinski definition) is 1. The van der Waals surface area contributed by atoms with Crippen molar-refractivity contribution in [1.29, 1.82) is 0 Å². The summed E-state index contributed by atoms with van der Waals surface area (Å²) >= 11 is 3.41. The first-order valence-corrected chi connectivity index (χ1v) is 5.87. The van der Waals surface area contributed by atoms with Gasteiger partial charge >= 0.3 is 0 Å². The minimum atomic E-state index is -0.184. The molecular weight excluding hydrogens is 234 g/mol. The predicted octanol–water partition coefficient (Wildman–Crippen LogP) is 1.21. The van der Waals surface area contributed by atoms with Crippen molar-refractivity contribution in [3.63, 3.8) is 0 Å². The SMILES string of the molecule is O=C(NC1(CBr)CC1)C1CCCO1. The Kier molecular flexibility index (Phi) is 2.60. The molecule has 1 unspecified atom stereocenters. The second kappa shape index (κ2) is 3.58. The maximum absolute atomic E-state index is 11.6. The molecule has 2 fully saturated rings. The Hall–Kier alpha value is -0.0900. The molecule has 4 heteroatoms. The minimum absolute atomic E-state index is 0.0586. The zero-order chi connectivity index (χ0) is 9.31. The first kappa shape index (κ1) is 9.46. The van der Waals surface area contributed by atoms with Crippen molar-refractivity contribution in [2.75, 3.05) is 11.9 Å². The molecule has 0 spiro atoms. The average molecular weight is 248 g/mol. The molecule has 2 aliphatic rings. The fourth-order valence-electron chi connectivity index (χ4n) is 1.57. The summed E-state index contributed by atoms with van der Waals surface area (Å²) in [6.07, 6.45) is 3.90. The van der Waals surface area contributed by atoms with Crippen LogP contribution in [-0.2, 0) is 9.53 Å². The fourth-order valence-corrected chi connectivity index (χ4v) is 2.27. The molecule has 0 bridgehead atoms. The molecule has 0 aromatic heterocycles. The predicted molar refractivity (Wildman–Crippen MR) is 52.9 cm³/mol. The standard InChI is InChI=1S/C9H14BrNO2/c10-6-9(3-4-9)11-8(12)7-2-1-5-13-7/h7H,1-6H2,(H,11,12). The van der Waals surface area contributed by atoms with E-state index in [9.17, 15) is 4.79 Å². The first-order chi connectivity index (χ1) is 6.26. The highest BCUT2D eigenvalue weighted by molar-refractivity contribution is 9.09. The van der Waals surface area contributed by atoms with Crippen LogP contribution in [0.4, 0.5) is 0 Å². The van der Waals surface area contributed by atoms with Crippen molar-refractivity contribution in [3.8, 4) is 0 Å². The Morgan fingerprint density at radius 3 is 2.85 bits per heavy atom. The molecule has 0 aromatic rings. The summed E-state index contributed by atoms with van der Waals surface area (Å²) in [5.74, 6) is 0.0782. The van der Waals surface area contributed by atoms with Crippen molar-refractivity contribution >= 4 is 21.8 Å². The van der Waals surface area contributed by atoms with Gasteiger partial charge in [-0.25, -0.2) is 0 Å². The highest BCUT2D eigenvalue weighted by Crippen LogP contribution is 2.37. The quantitative estimate of drug-likeness (QED) is 0.762. The van der Waals surface area contributed by atoms with Gasteiger partial charge in [0.1, 0.15) is 6.10 Å². The number of carbonyl (C=O) groups excluding carboxylic acids is 1. The summed E-state index contributed by atoms with van der Waals surface area (Å²) in [6.45, 7) is 0.736. The third kappa shape index (κ3) is 2.05. The molecule has 1 N–H and O–H groups in total. The van der Waals surface area contributed by atoms with Gasteiger partial charge in [-0.15, -0.1) is 0 Å². The molecule has 0 aromatic carbocycles. The molecule has 1 aliphatic heterocycles. The summed E-state index contributed by atoms with van der Waals surface area (Å²) in [5, 5.41) is 3.91. The molecule has 13 heavy (non-hydrogen) atoms. The lowest BCUT2D eigenvalue weighted by molar-refractivity contribution is -0.130. The minimum Gasteiger partial charge on any atom is -0.368 e. The number of halogens is 1. The Balaban J connectivity index is 1.84. The number of carbonyl (C=O) groups is 1. The van der Waals surface area contributed by atoms with Crippen LogP contribution in [0.25, 0.3) is 0 Å². The number of nitrogens with one attached hydrogen (secondary N) is 1. The van der Waals surface area contributed by atoms with Crippen LogP contribution < -0.4 is 5.32 Å². The van der Waals surface area contributed by atoms with E-state index in [0.717, 1.165) is 37.6 Å². The summed E-state index contributed by atoms with van der Waals surface area (Å²) in [7, 11) is 0. The molecule has 1 aliphatic carbocycles. The van der Waals surface area contributed by atoms with Gasteiger partial charge in [-0.3, -0.25) is 4.79 Å². The zero-order valence-corrected chi connectivity index (χ0v) is 9.10. The summed E-state index contributed by atoms with van der Waals surface area (Å²) < 4.78 is 5.31. The highest BCUT2D eigenvalue weighted by atomic mass is 79.9. The molecular formula is C9H14BrNO2. The van der Waals surface area contributed by atoms with E-state index in [1.807, 2.05) is 0 Å². The molecule has 1 amide bonds. The normalized spacial score (nSPS) is 30.1. The van der Waals surface area contributed by atoms with Gasteiger partial charge < -0.3 is 10.1 Å². The lowest BCUT2D eigenvalue weighted by Crippen LogP contribution is -2.43. The monoisotopic (exact) mass is 247 g/mol. The second-order valence-corrected chi connectivity index (χ2v) is 4.47. The highest BCUT2D eigenvalue weighted by Gasteiger charge is 2.44. The van der Waals surface area contributed by atoms with E-state index in [4.69, 9.17) is 4.74 Å². The van der Waals surface area contributed by atoms with E-state index in [2.05, 4.69) is 21.2 Å². The van der Waals surface area contributed by atoms with Crippen molar-refractivity contribution in [1.82, 2.24) is 5.32 Å². The van der Waals surface area contributed by atoms with Crippen LogP contribution in [0.2, 0.25) is 0 Å². The van der Waals surface area contributed by atoms with Gasteiger partial charge in [0.2, 0.25) is 5.91 Å². The van der Waals surface area contributed by atoms with Crippen LogP contribution in [0.5, 0.6) is 0 Å². The number of alkyl halides is 1. The lowest BCUT2D eigenvalue weighted by Gasteiger charge is -2.17. The van der Waals surface area contributed by atoms with Crippen molar-refractivity contribution in [3.05, 3.63) is 0 Å². The molecule has 1 saturated heterocycles. The Morgan fingerprint density at radius 1 is 1.62 bits per heavy atom.